The molecule has 0 aromatic heterocycles. The van der Waals surface area contributed by atoms with Crippen LogP contribution in [-0.2, 0) is 17.8 Å². The first-order chi connectivity index (χ1) is 9.16. The van der Waals surface area contributed by atoms with Gasteiger partial charge in [0.15, 0.2) is 0 Å². The number of amides is 1. The van der Waals surface area contributed by atoms with Gasteiger partial charge in [-0.25, -0.2) is 0 Å². The van der Waals surface area contributed by atoms with Crippen LogP contribution >= 0.6 is 22.6 Å². The molecule has 3 nitrogen and oxygen atoms in total. The Morgan fingerprint density at radius 3 is 2.84 bits per heavy atom. The molecule has 1 amide bonds. The fraction of sp³-hybridized carbons (Fsp3) is 0.400. The number of carbonyl (C=O) groups is 1. The van der Waals surface area contributed by atoms with Crippen LogP contribution in [-0.4, -0.2) is 30.4 Å². The summed E-state index contributed by atoms with van der Waals surface area (Å²) in [7, 11) is 0. The van der Waals surface area contributed by atoms with Crippen molar-refractivity contribution in [1.29, 1.82) is 0 Å². The van der Waals surface area contributed by atoms with Crippen LogP contribution < -0.4 is 5.32 Å². The predicted octanol–water partition coefficient (Wildman–Crippen LogP) is 2.50. The van der Waals surface area contributed by atoms with Crippen molar-refractivity contribution in [2.45, 2.75) is 19.4 Å². The summed E-state index contributed by atoms with van der Waals surface area (Å²) in [4.78, 5) is 13.8. The topological polar surface area (TPSA) is 32.3 Å². The van der Waals surface area contributed by atoms with Gasteiger partial charge in [-0.15, -0.1) is 0 Å². The summed E-state index contributed by atoms with van der Waals surface area (Å²) < 4.78 is 0.546. The smallest absolute Gasteiger partial charge is 0.256 e. The predicted molar refractivity (Wildman–Crippen MR) is 86.2 cm³/mol. The molecule has 0 radical (unpaired) electrons. The molecule has 102 valence electrons. The van der Waals surface area contributed by atoms with Gasteiger partial charge < -0.3 is 5.32 Å². The number of rotatable bonds is 5. The Hall–Kier alpha value is -0.880. The highest BCUT2D eigenvalue weighted by atomic mass is 127. The first-order valence-corrected chi connectivity index (χ1v) is 7.66. The average molecular weight is 370 g/mol. The van der Waals surface area contributed by atoms with E-state index in [0.29, 0.717) is 3.58 Å². The van der Waals surface area contributed by atoms with Crippen LogP contribution in [0.15, 0.2) is 34.4 Å². The van der Waals surface area contributed by atoms with Crippen LogP contribution in [0, 0.1) is 0 Å². The van der Waals surface area contributed by atoms with E-state index < -0.39 is 0 Å². The summed E-state index contributed by atoms with van der Waals surface area (Å²) in [5.41, 5.74) is 2.92. The van der Waals surface area contributed by atoms with Crippen molar-refractivity contribution < 1.29 is 4.79 Å². The van der Waals surface area contributed by atoms with Gasteiger partial charge >= 0.3 is 0 Å². The summed E-state index contributed by atoms with van der Waals surface area (Å²) in [5.74, 6) is -0.0513. The molecule has 0 unspecified atom stereocenters. The van der Waals surface area contributed by atoms with Gasteiger partial charge in [-0.3, -0.25) is 9.69 Å². The molecule has 1 heterocycles. The van der Waals surface area contributed by atoms with Crippen LogP contribution in [0.3, 0.4) is 0 Å². The molecule has 0 bridgehead atoms. The van der Waals surface area contributed by atoms with E-state index in [-0.39, 0.29) is 5.91 Å². The Morgan fingerprint density at radius 2 is 2.11 bits per heavy atom. The number of benzene rings is 1. The standard InChI is InChI=1S/C15H19IN2O/c1-12(16)15(19)17-8-4-9-18-10-7-13-5-2-3-6-14(13)11-18/h2-3,5-6H,1,4,7-11H2,(H,17,19). The molecule has 1 aliphatic heterocycles. The third kappa shape index (κ3) is 4.31. The highest BCUT2D eigenvalue weighted by Gasteiger charge is 2.14. The zero-order chi connectivity index (χ0) is 13.7. The van der Waals surface area contributed by atoms with E-state index in [2.05, 4.69) is 41.1 Å². The number of carbonyl (C=O) groups excluding carboxylic acids is 1. The third-order valence-electron chi connectivity index (χ3n) is 3.39. The van der Waals surface area contributed by atoms with Crippen molar-refractivity contribution >= 4 is 28.5 Å². The summed E-state index contributed by atoms with van der Waals surface area (Å²) >= 11 is 1.95. The normalized spacial score (nSPS) is 14.8. The van der Waals surface area contributed by atoms with Crippen LogP contribution in [0.2, 0.25) is 0 Å². The lowest BCUT2D eigenvalue weighted by Gasteiger charge is -2.28. The molecule has 1 N–H and O–H groups in total. The molecule has 2 rings (SSSR count). The van der Waals surface area contributed by atoms with E-state index in [4.69, 9.17) is 0 Å². The molecule has 4 heteroatoms. The van der Waals surface area contributed by atoms with Crippen molar-refractivity contribution in [2.24, 2.45) is 0 Å². The van der Waals surface area contributed by atoms with Crippen LogP contribution in [0.4, 0.5) is 0 Å². The lowest BCUT2D eigenvalue weighted by molar-refractivity contribution is -0.116. The Balaban J connectivity index is 1.71. The largest absolute Gasteiger partial charge is 0.352 e. The molecular formula is C15H19IN2O. The third-order valence-corrected chi connectivity index (χ3v) is 3.88. The highest BCUT2D eigenvalue weighted by molar-refractivity contribution is 14.1. The molecule has 0 aliphatic carbocycles. The van der Waals surface area contributed by atoms with Gasteiger partial charge in [-0.2, -0.15) is 0 Å². The molecule has 0 saturated heterocycles. The minimum Gasteiger partial charge on any atom is -0.352 e. The lowest BCUT2D eigenvalue weighted by atomic mass is 10.00. The Kier molecular flexibility index (Phi) is 5.39. The van der Waals surface area contributed by atoms with Crippen molar-refractivity contribution in [3.05, 3.63) is 45.6 Å². The van der Waals surface area contributed by atoms with Gasteiger partial charge in [-0.05, 0) is 46.6 Å². The minimum absolute atomic E-state index is 0.0513. The van der Waals surface area contributed by atoms with Gasteiger partial charge in [0.25, 0.3) is 5.91 Å². The molecule has 0 saturated carbocycles. The van der Waals surface area contributed by atoms with Crippen molar-refractivity contribution in [2.75, 3.05) is 19.6 Å². The zero-order valence-corrected chi connectivity index (χ0v) is 13.2. The summed E-state index contributed by atoms with van der Waals surface area (Å²) in [6.07, 6.45) is 2.12. The second kappa shape index (κ2) is 7.05. The molecule has 0 fully saturated rings. The maximum absolute atomic E-state index is 11.3. The Labute approximate surface area is 128 Å². The summed E-state index contributed by atoms with van der Waals surface area (Å²) in [6, 6.07) is 8.65. The average Bonchev–Trinajstić information content (AvgIpc) is 2.43. The number of halogens is 1. The number of nitrogens with zero attached hydrogens (tertiary/aromatic N) is 1. The molecule has 0 spiro atoms. The molecule has 19 heavy (non-hydrogen) atoms. The van der Waals surface area contributed by atoms with Crippen molar-refractivity contribution in [3.8, 4) is 0 Å². The number of hydrogen-bond acceptors (Lipinski definition) is 2. The minimum atomic E-state index is -0.0513. The molecule has 1 aliphatic rings. The maximum Gasteiger partial charge on any atom is 0.256 e. The first kappa shape index (κ1) is 14.5. The van der Waals surface area contributed by atoms with E-state index in [0.717, 1.165) is 39.0 Å². The van der Waals surface area contributed by atoms with Gasteiger partial charge in [0.1, 0.15) is 0 Å². The Bertz CT molecular complexity index is 473. The zero-order valence-electron chi connectivity index (χ0n) is 11.0. The molecule has 1 aromatic carbocycles. The second-order valence-corrected chi connectivity index (χ2v) is 6.11. The molecular weight excluding hydrogens is 351 g/mol. The van der Waals surface area contributed by atoms with E-state index in [1.807, 2.05) is 22.6 Å². The lowest BCUT2D eigenvalue weighted by Crippen LogP contribution is -2.33. The number of nitrogens with one attached hydrogen (secondary N) is 1. The maximum atomic E-state index is 11.3. The van der Waals surface area contributed by atoms with Gasteiger partial charge in [0.2, 0.25) is 0 Å². The van der Waals surface area contributed by atoms with E-state index in [1.165, 1.54) is 11.1 Å². The van der Waals surface area contributed by atoms with E-state index in [9.17, 15) is 4.79 Å². The summed E-state index contributed by atoms with van der Waals surface area (Å²) in [5, 5.41) is 2.87. The number of hydrogen-bond donors (Lipinski definition) is 1. The van der Waals surface area contributed by atoms with Crippen molar-refractivity contribution in [1.82, 2.24) is 10.2 Å². The first-order valence-electron chi connectivity index (χ1n) is 6.58. The number of fused-ring (bicyclic) bond motifs is 1. The highest BCUT2D eigenvalue weighted by Crippen LogP contribution is 2.18. The van der Waals surface area contributed by atoms with E-state index >= 15 is 0 Å². The monoisotopic (exact) mass is 370 g/mol. The van der Waals surface area contributed by atoms with Gasteiger partial charge in [0.05, 0.1) is 3.58 Å². The Morgan fingerprint density at radius 1 is 1.37 bits per heavy atom. The second-order valence-electron chi connectivity index (χ2n) is 4.81. The van der Waals surface area contributed by atoms with Crippen LogP contribution in [0.1, 0.15) is 17.5 Å². The van der Waals surface area contributed by atoms with Crippen LogP contribution in [0.5, 0.6) is 0 Å². The van der Waals surface area contributed by atoms with E-state index in [1.54, 1.807) is 0 Å². The SMILES string of the molecule is C=C(I)C(=O)NCCCN1CCc2ccccc2C1. The van der Waals surface area contributed by atoms with Gasteiger partial charge in [0, 0.05) is 26.2 Å². The molecule has 1 aromatic rings. The fourth-order valence-corrected chi connectivity index (χ4v) is 2.54. The van der Waals surface area contributed by atoms with Gasteiger partial charge in [-0.1, -0.05) is 30.8 Å². The quantitative estimate of drug-likeness (QED) is 0.491. The molecule has 0 atom stereocenters. The van der Waals surface area contributed by atoms with Crippen molar-refractivity contribution in [3.63, 3.8) is 0 Å². The van der Waals surface area contributed by atoms with Crippen LogP contribution in [0.25, 0.3) is 0 Å². The fourth-order valence-electron chi connectivity index (χ4n) is 2.35. The summed E-state index contributed by atoms with van der Waals surface area (Å²) in [6.45, 7) is 7.51.